The van der Waals surface area contributed by atoms with Crippen LogP contribution in [0.1, 0.15) is 48.0 Å². The second-order valence-corrected chi connectivity index (χ2v) is 15.2. The predicted octanol–water partition coefficient (Wildman–Crippen LogP) is 3.59. The first-order valence-electron chi connectivity index (χ1n) is 12.0. The maximum absolute atomic E-state index is 7.15. The average molecular weight is 470 g/mol. The summed E-state index contributed by atoms with van der Waals surface area (Å²) >= 11 is 0. The Bertz CT molecular complexity index is 891. The molecule has 2 aliphatic heterocycles. The number of fused-ring (bicyclic) bond motifs is 1. The van der Waals surface area contributed by atoms with Gasteiger partial charge in [0.05, 0.1) is 12.7 Å². The van der Waals surface area contributed by atoms with Crippen molar-refractivity contribution < 1.29 is 18.6 Å². The van der Waals surface area contributed by atoms with Crippen LogP contribution in [0.5, 0.6) is 0 Å². The molecule has 2 aliphatic rings. The van der Waals surface area contributed by atoms with Gasteiger partial charge in [0.1, 0.15) is 17.8 Å². The summed E-state index contributed by atoms with van der Waals surface area (Å²) in [5.41, 5.74) is 5.38. The minimum Gasteiger partial charge on any atom is -0.405 e. The smallest absolute Gasteiger partial charge is 0.261 e. The number of ether oxygens (including phenoxy) is 3. The van der Waals surface area contributed by atoms with E-state index in [0.717, 1.165) is 6.42 Å². The van der Waals surface area contributed by atoms with E-state index in [9.17, 15) is 0 Å². The van der Waals surface area contributed by atoms with E-state index in [1.165, 1.54) is 10.4 Å². The topological polar surface area (TPSA) is 62.9 Å². The minimum atomic E-state index is -2.66. The van der Waals surface area contributed by atoms with Crippen LogP contribution in [-0.2, 0) is 18.6 Å². The van der Waals surface area contributed by atoms with E-state index in [1.54, 1.807) is 0 Å². The summed E-state index contributed by atoms with van der Waals surface area (Å²) in [4.78, 5) is 0. The van der Waals surface area contributed by atoms with Gasteiger partial charge in [0, 0.05) is 0 Å². The van der Waals surface area contributed by atoms with E-state index < -0.39 is 19.7 Å². The molecular weight excluding hydrogens is 430 g/mol. The number of rotatable bonds is 7. The summed E-state index contributed by atoms with van der Waals surface area (Å²) in [7, 11) is -2.66. The van der Waals surface area contributed by atoms with Crippen LogP contribution in [0.3, 0.4) is 0 Å². The molecular formula is C27H39NO4Si. The SMILES string of the molecule is CC1(C)O[C@@H]2[C@@H](CO[Si](c3ccccc3)(c3ccccc3)C(C)(C)C)OC(CCN)[C@]2(C)O1. The first-order valence-corrected chi connectivity index (χ1v) is 13.9. The van der Waals surface area contributed by atoms with Crippen molar-refractivity contribution in [1.82, 2.24) is 0 Å². The van der Waals surface area contributed by atoms with Gasteiger partial charge in [-0.3, -0.25) is 0 Å². The standard InChI is InChI=1S/C27H39NO4Si/c1-25(2,3)33(20-13-9-7-10-14-20,21-15-11-8-12-16-21)29-19-22-24-27(6,23(30-22)17-18-28)32-26(4,5)31-24/h7-16,22-24H,17-19,28H2,1-6H3/t22-,23?,24-,27+/m1/s1. The molecule has 0 amide bonds. The van der Waals surface area contributed by atoms with Gasteiger partial charge in [-0.2, -0.15) is 0 Å². The molecule has 0 saturated carbocycles. The lowest BCUT2D eigenvalue weighted by Crippen LogP contribution is -2.67. The number of benzene rings is 2. The van der Waals surface area contributed by atoms with Crippen LogP contribution in [0.25, 0.3) is 0 Å². The molecule has 2 aromatic rings. The Morgan fingerprint density at radius 2 is 1.48 bits per heavy atom. The molecule has 2 fully saturated rings. The van der Waals surface area contributed by atoms with Crippen molar-refractivity contribution in [3.63, 3.8) is 0 Å². The van der Waals surface area contributed by atoms with E-state index in [4.69, 9.17) is 24.4 Å². The Morgan fingerprint density at radius 1 is 0.939 bits per heavy atom. The van der Waals surface area contributed by atoms with Crippen LogP contribution in [0.4, 0.5) is 0 Å². The lowest BCUT2D eigenvalue weighted by atomic mass is 9.91. The number of hydrogen-bond acceptors (Lipinski definition) is 5. The van der Waals surface area contributed by atoms with Gasteiger partial charge in [-0.1, -0.05) is 81.4 Å². The fourth-order valence-electron chi connectivity index (χ4n) is 5.75. The van der Waals surface area contributed by atoms with Crippen LogP contribution in [-0.4, -0.2) is 51.2 Å². The Kier molecular flexibility index (Phi) is 6.64. The molecule has 0 aromatic heterocycles. The molecule has 0 aliphatic carbocycles. The molecule has 4 rings (SSSR count). The maximum Gasteiger partial charge on any atom is 0.261 e. The third-order valence-corrected chi connectivity index (χ3v) is 12.1. The molecule has 2 N–H and O–H groups in total. The zero-order chi connectivity index (χ0) is 23.9. The summed E-state index contributed by atoms with van der Waals surface area (Å²) in [5.74, 6) is -0.661. The van der Waals surface area contributed by atoms with Crippen molar-refractivity contribution in [2.45, 2.75) is 82.7 Å². The summed E-state index contributed by atoms with van der Waals surface area (Å²) in [5, 5.41) is 2.42. The van der Waals surface area contributed by atoms with Gasteiger partial charge in [-0.05, 0) is 49.1 Å². The third-order valence-electron chi connectivity index (χ3n) is 7.07. The average Bonchev–Trinajstić information content (AvgIpc) is 3.15. The minimum absolute atomic E-state index is 0.0966. The molecule has 5 nitrogen and oxygen atoms in total. The highest BCUT2D eigenvalue weighted by atomic mass is 28.4. The molecule has 180 valence electrons. The first kappa shape index (κ1) is 24.6. The van der Waals surface area contributed by atoms with Crippen molar-refractivity contribution >= 4 is 18.7 Å². The van der Waals surface area contributed by atoms with E-state index in [0.29, 0.717) is 13.2 Å². The van der Waals surface area contributed by atoms with Crippen molar-refractivity contribution in [3.8, 4) is 0 Å². The molecule has 0 bridgehead atoms. The van der Waals surface area contributed by atoms with Crippen LogP contribution >= 0.6 is 0 Å². The van der Waals surface area contributed by atoms with E-state index in [2.05, 4.69) is 88.4 Å². The first-order chi connectivity index (χ1) is 15.5. The van der Waals surface area contributed by atoms with Gasteiger partial charge in [-0.25, -0.2) is 0 Å². The summed E-state index contributed by atoms with van der Waals surface area (Å²) in [6.07, 6.45) is 0.168. The lowest BCUT2D eigenvalue weighted by molar-refractivity contribution is -0.205. The Morgan fingerprint density at radius 3 is 1.97 bits per heavy atom. The summed E-state index contributed by atoms with van der Waals surface area (Å²) in [6.45, 7) is 13.9. The summed E-state index contributed by atoms with van der Waals surface area (Å²) < 4.78 is 26.4. The fraction of sp³-hybridized carbons (Fsp3) is 0.556. The highest BCUT2D eigenvalue weighted by molar-refractivity contribution is 6.99. The normalized spacial score (nSPS) is 29.2. The second-order valence-electron chi connectivity index (χ2n) is 10.9. The largest absolute Gasteiger partial charge is 0.405 e. The van der Waals surface area contributed by atoms with E-state index in [1.807, 2.05) is 13.8 Å². The summed E-state index contributed by atoms with van der Waals surface area (Å²) in [6, 6.07) is 21.4. The second kappa shape index (κ2) is 8.91. The van der Waals surface area contributed by atoms with Crippen molar-refractivity contribution in [3.05, 3.63) is 60.7 Å². The maximum atomic E-state index is 7.15. The van der Waals surface area contributed by atoms with Gasteiger partial charge in [-0.15, -0.1) is 0 Å². The van der Waals surface area contributed by atoms with E-state index >= 15 is 0 Å². The number of nitrogens with two attached hydrogens (primary N) is 1. The van der Waals surface area contributed by atoms with Crippen molar-refractivity contribution in [2.75, 3.05) is 13.2 Å². The zero-order valence-corrected chi connectivity index (χ0v) is 21.8. The molecule has 4 atom stereocenters. The molecule has 1 unspecified atom stereocenters. The van der Waals surface area contributed by atoms with E-state index in [-0.39, 0.29) is 23.4 Å². The molecule has 6 heteroatoms. The molecule has 33 heavy (non-hydrogen) atoms. The highest BCUT2D eigenvalue weighted by Crippen LogP contribution is 2.48. The Labute approximate surface area is 199 Å². The zero-order valence-electron chi connectivity index (χ0n) is 20.8. The van der Waals surface area contributed by atoms with Gasteiger partial charge < -0.3 is 24.4 Å². The van der Waals surface area contributed by atoms with Crippen LogP contribution in [0.15, 0.2) is 60.7 Å². The predicted molar refractivity (Wildman–Crippen MR) is 134 cm³/mol. The van der Waals surface area contributed by atoms with Crippen molar-refractivity contribution in [2.24, 2.45) is 5.73 Å². The Hall–Kier alpha value is -1.54. The Balaban J connectivity index is 1.71. The van der Waals surface area contributed by atoms with Gasteiger partial charge in [0.2, 0.25) is 0 Å². The third kappa shape index (κ3) is 4.33. The molecule has 2 saturated heterocycles. The molecule has 2 heterocycles. The molecule has 0 spiro atoms. The van der Waals surface area contributed by atoms with Crippen LogP contribution in [0, 0.1) is 0 Å². The number of hydrogen-bond donors (Lipinski definition) is 1. The van der Waals surface area contributed by atoms with Gasteiger partial charge in [0.25, 0.3) is 8.32 Å². The molecule has 2 aromatic carbocycles. The van der Waals surface area contributed by atoms with Crippen LogP contribution in [0.2, 0.25) is 5.04 Å². The molecule has 0 radical (unpaired) electrons. The van der Waals surface area contributed by atoms with Gasteiger partial charge >= 0.3 is 0 Å². The van der Waals surface area contributed by atoms with Crippen LogP contribution < -0.4 is 16.1 Å². The van der Waals surface area contributed by atoms with Gasteiger partial charge in [0.15, 0.2) is 5.79 Å². The van der Waals surface area contributed by atoms with Crippen molar-refractivity contribution in [1.29, 1.82) is 0 Å². The quantitative estimate of drug-likeness (QED) is 0.628. The highest BCUT2D eigenvalue weighted by Gasteiger charge is 2.63. The monoisotopic (exact) mass is 469 g/mol. The fourth-order valence-corrected chi connectivity index (χ4v) is 10.3. The lowest BCUT2D eigenvalue weighted by Gasteiger charge is -2.43.